The zero-order chi connectivity index (χ0) is 20.4. The molecule has 0 spiro atoms. The topological polar surface area (TPSA) is 55.4 Å². The fraction of sp³-hybridized carbons (Fsp3) is 0.714. The van der Waals surface area contributed by atoms with Gasteiger partial charge < -0.3 is 28.4 Å². The van der Waals surface area contributed by atoms with Gasteiger partial charge >= 0.3 is 0 Å². The van der Waals surface area contributed by atoms with E-state index in [9.17, 15) is 0 Å². The molecule has 4 atom stereocenters. The van der Waals surface area contributed by atoms with Gasteiger partial charge in [-0.3, -0.25) is 0 Å². The van der Waals surface area contributed by atoms with Crippen molar-refractivity contribution in [1.29, 1.82) is 0 Å². The first-order valence-corrected chi connectivity index (χ1v) is 9.79. The first-order chi connectivity index (χ1) is 12.9. The molecule has 0 N–H and O–H groups in total. The van der Waals surface area contributed by atoms with E-state index in [2.05, 4.69) is 13.8 Å². The van der Waals surface area contributed by atoms with Crippen molar-refractivity contribution in [2.24, 2.45) is 0 Å². The maximum Gasteiger partial charge on any atom is 0.197 e. The molecule has 6 heteroatoms. The molecular weight excluding hydrogens is 348 g/mol. The summed E-state index contributed by atoms with van der Waals surface area (Å²) < 4.78 is 34.3. The van der Waals surface area contributed by atoms with E-state index < -0.39 is 12.6 Å². The van der Waals surface area contributed by atoms with Crippen LogP contribution in [0, 0.1) is 0 Å². The van der Waals surface area contributed by atoms with Gasteiger partial charge in [0.15, 0.2) is 30.4 Å². The molecule has 0 aliphatic rings. The number of methoxy groups -OCH3 is 1. The lowest BCUT2D eigenvalue weighted by atomic mass is 9.97. The average molecular weight is 385 g/mol. The zero-order valence-electron chi connectivity index (χ0n) is 18.0. The molecular formula is C21H36O6. The number of hydrogen-bond acceptors (Lipinski definition) is 6. The van der Waals surface area contributed by atoms with Crippen LogP contribution < -0.4 is 14.2 Å². The highest BCUT2D eigenvalue weighted by Gasteiger charge is 2.21. The van der Waals surface area contributed by atoms with Crippen molar-refractivity contribution < 1.29 is 28.4 Å². The number of ether oxygens (including phenoxy) is 6. The molecule has 0 aromatic heterocycles. The van der Waals surface area contributed by atoms with Gasteiger partial charge in [-0.2, -0.15) is 0 Å². The Morgan fingerprint density at radius 1 is 0.704 bits per heavy atom. The minimum atomic E-state index is -0.415. The minimum absolute atomic E-state index is 0.285. The van der Waals surface area contributed by atoms with Crippen molar-refractivity contribution in [3.8, 4) is 17.2 Å². The van der Waals surface area contributed by atoms with Crippen LogP contribution in [0.5, 0.6) is 17.2 Å². The van der Waals surface area contributed by atoms with Gasteiger partial charge in [0, 0.05) is 32.0 Å². The highest BCUT2D eigenvalue weighted by molar-refractivity contribution is 5.52. The van der Waals surface area contributed by atoms with E-state index >= 15 is 0 Å². The summed E-state index contributed by atoms with van der Waals surface area (Å²) in [5.74, 6) is 2.15. The van der Waals surface area contributed by atoms with Gasteiger partial charge in [-0.25, -0.2) is 0 Å². The van der Waals surface area contributed by atoms with E-state index in [1.807, 2.05) is 46.8 Å². The Morgan fingerprint density at radius 2 is 1.19 bits per heavy atom. The monoisotopic (exact) mass is 384 g/mol. The molecule has 0 aliphatic carbocycles. The lowest BCUT2D eigenvalue weighted by molar-refractivity contribution is -0.0716. The number of hydrogen-bond donors (Lipinski definition) is 0. The summed E-state index contributed by atoms with van der Waals surface area (Å²) in [7, 11) is 1.60. The van der Waals surface area contributed by atoms with Gasteiger partial charge in [0.05, 0.1) is 0 Å². The summed E-state index contributed by atoms with van der Waals surface area (Å²) in [4.78, 5) is 0. The lowest BCUT2D eigenvalue weighted by Crippen LogP contribution is -2.20. The SMILES string of the molecule is CCOC(C)Oc1cc(OC(C)OCC)c(C(C)CC)cc1OC(C)OC. The van der Waals surface area contributed by atoms with Crippen molar-refractivity contribution >= 4 is 0 Å². The molecule has 6 nitrogen and oxygen atoms in total. The largest absolute Gasteiger partial charge is 0.465 e. The molecule has 0 heterocycles. The van der Waals surface area contributed by atoms with Crippen molar-refractivity contribution in [3.05, 3.63) is 17.7 Å². The van der Waals surface area contributed by atoms with E-state index in [1.54, 1.807) is 7.11 Å². The normalized spacial score (nSPS) is 15.7. The molecule has 156 valence electrons. The molecule has 0 saturated heterocycles. The van der Waals surface area contributed by atoms with Crippen molar-refractivity contribution in [3.63, 3.8) is 0 Å². The van der Waals surface area contributed by atoms with E-state index in [0.29, 0.717) is 24.7 Å². The van der Waals surface area contributed by atoms with Crippen LogP contribution in [-0.2, 0) is 14.2 Å². The van der Waals surface area contributed by atoms with Crippen LogP contribution in [0.2, 0.25) is 0 Å². The maximum atomic E-state index is 6.05. The van der Waals surface area contributed by atoms with Crippen molar-refractivity contribution in [1.82, 2.24) is 0 Å². The molecule has 1 aromatic rings. The van der Waals surface area contributed by atoms with E-state index in [0.717, 1.165) is 17.7 Å². The molecule has 0 aliphatic heterocycles. The summed E-state index contributed by atoms with van der Waals surface area (Å²) in [6, 6.07) is 3.82. The molecule has 0 bridgehead atoms. The summed E-state index contributed by atoms with van der Waals surface area (Å²) in [5.41, 5.74) is 1.04. The first-order valence-electron chi connectivity index (χ1n) is 9.79. The zero-order valence-corrected chi connectivity index (χ0v) is 18.0. The fourth-order valence-electron chi connectivity index (χ4n) is 2.57. The molecule has 4 unspecified atom stereocenters. The van der Waals surface area contributed by atoms with Gasteiger partial charge in [0.25, 0.3) is 0 Å². The standard InChI is InChI=1S/C21H36O6/c1-9-14(4)18-12-20(25-15(5)22-8)21(27-17(7)24-11-3)13-19(18)26-16(6)23-10-2/h12-17H,9-11H2,1-8H3. The second kappa shape index (κ2) is 12.1. The smallest absolute Gasteiger partial charge is 0.197 e. The Hall–Kier alpha value is -1.50. The van der Waals surface area contributed by atoms with Crippen LogP contribution in [0.3, 0.4) is 0 Å². The van der Waals surface area contributed by atoms with Gasteiger partial charge in [0.1, 0.15) is 5.75 Å². The summed E-state index contributed by atoms with van der Waals surface area (Å²) >= 11 is 0. The van der Waals surface area contributed by atoms with E-state index in [1.165, 1.54) is 0 Å². The molecule has 0 fully saturated rings. The highest BCUT2D eigenvalue weighted by atomic mass is 16.7. The Balaban J connectivity index is 3.32. The third-order valence-electron chi connectivity index (χ3n) is 4.23. The fourth-order valence-corrected chi connectivity index (χ4v) is 2.57. The summed E-state index contributed by atoms with van der Waals surface area (Å²) in [6.07, 6.45) is -0.219. The Labute approximate surface area is 164 Å². The minimum Gasteiger partial charge on any atom is -0.465 e. The quantitative estimate of drug-likeness (QED) is 0.441. The van der Waals surface area contributed by atoms with Crippen LogP contribution in [-0.4, -0.2) is 39.2 Å². The predicted molar refractivity (Wildman–Crippen MR) is 106 cm³/mol. The lowest BCUT2D eigenvalue weighted by Gasteiger charge is -2.25. The van der Waals surface area contributed by atoms with Gasteiger partial charge in [-0.15, -0.1) is 0 Å². The second-order valence-corrected chi connectivity index (χ2v) is 6.35. The van der Waals surface area contributed by atoms with Gasteiger partial charge in [-0.05, 0) is 53.0 Å². The van der Waals surface area contributed by atoms with Crippen LogP contribution in [0.25, 0.3) is 0 Å². The Kier molecular flexibility index (Phi) is 10.5. The third-order valence-corrected chi connectivity index (χ3v) is 4.23. The number of rotatable bonds is 13. The predicted octanol–water partition coefficient (Wildman–Crippen LogP) is 5.09. The maximum absolute atomic E-state index is 6.05. The molecule has 0 saturated carbocycles. The van der Waals surface area contributed by atoms with Gasteiger partial charge in [0.2, 0.25) is 0 Å². The van der Waals surface area contributed by atoms with Crippen molar-refractivity contribution in [2.45, 2.75) is 79.7 Å². The Bertz CT molecular complexity index is 548. The first kappa shape index (κ1) is 23.5. The van der Waals surface area contributed by atoms with Crippen LogP contribution in [0.15, 0.2) is 12.1 Å². The molecule has 0 radical (unpaired) electrons. The molecule has 1 aromatic carbocycles. The van der Waals surface area contributed by atoms with Crippen LogP contribution in [0.4, 0.5) is 0 Å². The van der Waals surface area contributed by atoms with Crippen molar-refractivity contribution in [2.75, 3.05) is 20.3 Å². The van der Waals surface area contributed by atoms with Crippen LogP contribution >= 0.6 is 0 Å². The van der Waals surface area contributed by atoms with Crippen LogP contribution in [0.1, 0.15) is 66.4 Å². The third kappa shape index (κ3) is 7.56. The van der Waals surface area contributed by atoms with Gasteiger partial charge in [-0.1, -0.05) is 13.8 Å². The number of benzene rings is 1. The van der Waals surface area contributed by atoms with E-state index in [-0.39, 0.29) is 12.2 Å². The summed E-state index contributed by atoms with van der Waals surface area (Å²) in [5, 5.41) is 0. The Morgan fingerprint density at radius 3 is 1.67 bits per heavy atom. The molecule has 0 amide bonds. The average Bonchev–Trinajstić information content (AvgIpc) is 2.63. The molecule has 1 rings (SSSR count). The van der Waals surface area contributed by atoms with E-state index in [4.69, 9.17) is 28.4 Å². The summed E-state index contributed by atoms with van der Waals surface area (Å²) in [6.45, 7) is 14.9. The molecule has 27 heavy (non-hydrogen) atoms. The highest BCUT2D eigenvalue weighted by Crippen LogP contribution is 2.40. The second-order valence-electron chi connectivity index (χ2n) is 6.35.